The molecule has 0 spiro atoms. The number of ether oxygens (including phenoxy) is 1. The molecule has 1 amide bonds. The summed E-state index contributed by atoms with van der Waals surface area (Å²) in [4.78, 5) is 13.0. The molecule has 4 heteroatoms. The molecule has 0 aliphatic heterocycles. The van der Waals surface area contributed by atoms with Crippen molar-refractivity contribution in [1.82, 2.24) is 0 Å². The van der Waals surface area contributed by atoms with E-state index in [1.54, 1.807) is 6.07 Å². The maximum atomic E-state index is 13.0. The Labute approximate surface area is 174 Å². The predicted octanol–water partition coefficient (Wildman–Crippen LogP) is 6.25. The Bertz CT molecular complexity index is 960. The van der Waals surface area contributed by atoms with E-state index in [9.17, 15) is 4.79 Å². The zero-order chi connectivity index (χ0) is 20.1. The van der Waals surface area contributed by atoms with Gasteiger partial charge in [0.1, 0.15) is 5.75 Å². The Morgan fingerprint density at radius 2 is 1.64 bits per heavy atom. The van der Waals surface area contributed by atoms with E-state index in [0.717, 1.165) is 27.7 Å². The van der Waals surface area contributed by atoms with Crippen LogP contribution in [-0.2, 0) is 6.42 Å². The molecule has 0 saturated heterocycles. The van der Waals surface area contributed by atoms with Gasteiger partial charge in [0.05, 0.1) is 12.2 Å². The number of halogens is 1. The fourth-order valence-corrected chi connectivity index (χ4v) is 3.65. The summed E-state index contributed by atoms with van der Waals surface area (Å²) >= 11 is 3.46. The molecule has 0 aliphatic rings. The van der Waals surface area contributed by atoms with Crippen molar-refractivity contribution in [2.75, 3.05) is 11.9 Å². The number of anilines is 1. The number of carbonyl (C=O) groups is 1. The highest BCUT2D eigenvalue weighted by atomic mass is 79.9. The average Bonchev–Trinajstić information content (AvgIpc) is 2.66. The summed E-state index contributed by atoms with van der Waals surface area (Å²) in [6.07, 6.45) is 0.786. The fourth-order valence-electron chi connectivity index (χ4n) is 3.29. The molecule has 0 saturated carbocycles. The van der Waals surface area contributed by atoms with Crippen molar-refractivity contribution in [2.45, 2.75) is 27.2 Å². The lowest BCUT2D eigenvalue weighted by molar-refractivity contribution is 0.102. The molecule has 1 N–H and O–H groups in total. The summed E-state index contributed by atoms with van der Waals surface area (Å²) in [7, 11) is 0. The van der Waals surface area contributed by atoms with Crippen LogP contribution in [-0.4, -0.2) is 12.5 Å². The van der Waals surface area contributed by atoms with Gasteiger partial charge in [0.25, 0.3) is 5.91 Å². The van der Waals surface area contributed by atoms with Crippen LogP contribution in [0.25, 0.3) is 0 Å². The summed E-state index contributed by atoms with van der Waals surface area (Å²) in [5.41, 5.74) is 5.85. The Morgan fingerprint density at radius 1 is 0.964 bits per heavy atom. The third kappa shape index (κ3) is 5.02. The summed E-state index contributed by atoms with van der Waals surface area (Å²) in [6.45, 7) is 6.58. The number of nitrogens with one attached hydrogen (secondary N) is 1. The SMILES string of the molecule is Cc1cc(C)c(NC(=O)c2cc(Br)ccc2OCCc2ccccc2)c(C)c1. The van der Waals surface area contributed by atoms with Gasteiger partial charge in [-0.2, -0.15) is 0 Å². The number of amides is 1. The maximum Gasteiger partial charge on any atom is 0.259 e. The van der Waals surface area contributed by atoms with Gasteiger partial charge in [0, 0.05) is 16.6 Å². The van der Waals surface area contributed by atoms with Crippen LogP contribution in [0.15, 0.2) is 65.1 Å². The minimum absolute atomic E-state index is 0.175. The van der Waals surface area contributed by atoms with Gasteiger partial charge in [-0.25, -0.2) is 0 Å². The normalized spacial score (nSPS) is 10.6. The van der Waals surface area contributed by atoms with E-state index in [0.29, 0.717) is 17.9 Å². The second kappa shape index (κ2) is 9.07. The highest BCUT2D eigenvalue weighted by Crippen LogP contribution is 2.27. The first kappa shape index (κ1) is 20.2. The van der Waals surface area contributed by atoms with Gasteiger partial charge >= 0.3 is 0 Å². The van der Waals surface area contributed by atoms with Crippen LogP contribution in [0.1, 0.15) is 32.6 Å². The highest BCUT2D eigenvalue weighted by molar-refractivity contribution is 9.10. The van der Waals surface area contributed by atoms with E-state index in [1.165, 1.54) is 11.1 Å². The number of hydrogen-bond donors (Lipinski definition) is 1. The van der Waals surface area contributed by atoms with E-state index in [4.69, 9.17) is 4.74 Å². The molecule has 28 heavy (non-hydrogen) atoms. The lowest BCUT2D eigenvalue weighted by Crippen LogP contribution is -2.16. The van der Waals surface area contributed by atoms with Gasteiger partial charge in [-0.3, -0.25) is 4.79 Å². The molecule has 0 radical (unpaired) electrons. The van der Waals surface area contributed by atoms with Crippen molar-refractivity contribution in [3.63, 3.8) is 0 Å². The third-order valence-electron chi connectivity index (χ3n) is 4.59. The van der Waals surface area contributed by atoms with E-state index < -0.39 is 0 Å². The molecular weight excluding hydrogens is 414 g/mol. The topological polar surface area (TPSA) is 38.3 Å². The number of carbonyl (C=O) groups excluding carboxylic acids is 1. The first-order valence-corrected chi connectivity index (χ1v) is 10.1. The number of rotatable bonds is 6. The van der Waals surface area contributed by atoms with Crippen molar-refractivity contribution in [2.24, 2.45) is 0 Å². The summed E-state index contributed by atoms with van der Waals surface area (Å²) in [5, 5.41) is 3.06. The molecule has 3 aromatic carbocycles. The molecule has 0 aromatic heterocycles. The van der Waals surface area contributed by atoms with Gasteiger partial charge in [-0.15, -0.1) is 0 Å². The van der Waals surface area contributed by atoms with Crippen LogP contribution in [0, 0.1) is 20.8 Å². The Kier molecular flexibility index (Phi) is 6.53. The van der Waals surface area contributed by atoms with Crippen molar-refractivity contribution in [3.8, 4) is 5.75 Å². The second-order valence-electron chi connectivity index (χ2n) is 6.95. The van der Waals surface area contributed by atoms with Crippen molar-refractivity contribution < 1.29 is 9.53 Å². The monoisotopic (exact) mass is 437 g/mol. The van der Waals surface area contributed by atoms with Gasteiger partial charge in [-0.05, 0) is 55.7 Å². The zero-order valence-corrected chi connectivity index (χ0v) is 18.0. The van der Waals surface area contributed by atoms with Gasteiger partial charge in [-0.1, -0.05) is 64.0 Å². The van der Waals surface area contributed by atoms with Gasteiger partial charge < -0.3 is 10.1 Å². The highest BCUT2D eigenvalue weighted by Gasteiger charge is 2.16. The summed E-state index contributed by atoms with van der Waals surface area (Å²) in [5.74, 6) is 0.408. The third-order valence-corrected chi connectivity index (χ3v) is 5.09. The smallest absolute Gasteiger partial charge is 0.259 e. The molecule has 0 fully saturated rings. The van der Waals surface area contributed by atoms with E-state index >= 15 is 0 Å². The van der Waals surface area contributed by atoms with Crippen LogP contribution >= 0.6 is 15.9 Å². The van der Waals surface area contributed by atoms with E-state index in [1.807, 2.05) is 44.2 Å². The predicted molar refractivity (Wildman–Crippen MR) is 118 cm³/mol. The first-order valence-electron chi connectivity index (χ1n) is 9.29. The standard InChI is InChI=1S/C24H24BrNO2/c1-16-13-17(2)23(18(3)14-16)26-24(27)21-15-20(25)9-10-22(21)28-12-11-19-7-5-4-6-8-19/h4-10,13-15H,11-12H2,1-3H3,(H,26,27). The van der Waals surface area contributed by atoms with Crippen LogP contribution in [0.3, 0.4) is 0 Å². The lowest BCUT2D eigenvalue weighted by atomic mass is 10.0. The van der Waals surface area contributed by atoms with Gasteiger partial charge in [0.2, 0.25) is 0 Å². The molecule has 0 heterocycles. The zero-order valence-electron chi connectivity index (χ0n) is 16.4. The maximum absolute atomic E-state index is 13.0. The Balaban J connectivity index is 1.77. The molecule has 3 rings (SSSR count). The van der Waals surface area contributed by atoms with Crippen LogP contribution in [0.5, 0.6) is 5.75 Å². The number of hydrogen-bond acceptors (Lipinski definition) is 2. The first-order chi connectivity index (χ1) is 13.4. The minimum atomic E-state index is -0.175. The minimum Gasteiger partial charge on any atom is -0.492 e. The fraction of sp³-hybridized carbons (Fsp3) is 0.208. The molecule has 144 valence electrons. The van der Waals surface area contributed by atoms with E-state index in [2.05, 4.69) is 52.4 Å². The molecular formula is C24H24BrNO2. The Hall–Kier alpha value is -2.59. The summed E-state index contributed by atoms with van der Waals surface area (Å²) in [6, 6.07) is 19.8. The Morgan fingerprint density at radius 3 is 2.32 bits per heavy atom. The average molecular weight is 438 g/mol. The van der Waals surface area contributed by atoms with Crippen molar-refractivity contribution in [1.29, 1.82) is 0 Å². The van der Waals surface area contributed by atoms with Crippen LogP contribution < -0.4 is 10.1 Å². The molecule has 0 aliphatic carbocycles. The van der Waals surface area contributed by atoms with Crippen molar-refractivity contribution in [3.05, 3.63) is 93.0 Å². The molecule has 3 nitrogen and oxygen atoms in total. The quantitative estimate of drug-likeness (QED) is 0.494. The van der Waals surface area contributed by atoms with Crippen molar-refractivity contribution >= 4 is 27.5 Å². The largest absolute Gasteiger partial charge is 0.492 e. The number of benzene rings is 3. The summed E-state index contributed by atoms with van der Waals surface area (Å²) < 4.78 is 6.79. The molecule has 0 atom stereocenters. The van der Waals surface area contributed by atoms with E-state index in [-0.39, 0.29) is 5.91 Å². The van der Waals surface area contributed by atoms with Crippen LogP contribution in [0.4, 0.5) is 5.69 Å². The molecule has 3 aromatic rings. The second-order valence-corrected chi connectivity index (χ2v) is 7.87. The van der Waals surface area contributed by atoms with Crippen LogP contribution in [0.2, 0.25) is 0 Å². The number of aryl methyl sites for hydroxylation is 3. The lowest BCUT2D eigenvalue weighted by Gasteiger charge is -2.15. The van der Waals surface area contributed by atoms with Gasteiger partial charge in [0.15, 0.2) is 0 Å². The molecule has 0 bridgehead atoms. The molecule has 0 unspecified atom stereocenters.